The minimum atomic E-state index is -0.878. The van der Waals surface area contributed by atoms with E-state index >= 15 is 0 Å². The van der Waals surface area contributed by atoms with E-state index in [1.165, 1.54) is 0 Å². The van der Waals surface area contributed by atoms with Crippen LogP contribution < -0.4 is 0 Å². The number of aromatic nitrogens is 3. The topological polar surface area (TPSA) is 85.1 Å². The Bertz CT molecular complexity index is 420. The fraction of sp³-hybridized carbons (Fsp3) is 0.667. The Balaban J connectivity index is 2.59. The van der Waals surface area contributed by atoms with E-state index < -0.39 is 16.8 Å². The molecule has 1 rings (SSSR count). The first kappa shape index (κ1) is 14.2. The maximum atomic E-state index is 10.9. The van der Waals surface area contributed by atoms with Gasteiger partial charge >= 0.3 is 5.97 Å². The van der Waals surface area contributed by atoms with Crippen LogP contribution in [0, 0.1) is 6.92 Å². The van der Waals surface area contributed by atoms with Gasteiger partial charge in [-0.15, -0.1) is 10.2 Å². The molecule has 0 bridgehead atoms. The summed E-state index contributed by atoms with van der Waals surface area (Å²) in [4.78, 5) is 10.5. The summed E-state index contributed by atoms with van der Waals surface area (Å²) in [6.07, 6.45) is 2.43. The molecule has 8 heteroatoms. The van der Waals surface area contributed by atoms with Crippen LogP contribution in [0.3, 0.4) is 0 Å². The van der Waals surface area contributed by atoms with Gasteiger partial charge in [-0.1, -0.05) is 11.8 Å². The summed E-state index contributed by atoms with van der Waals surface area (Å²) in [7, 11) is -0.806. The van der Waals surface area contributed by atoms with Gasteiger partial charge in [0.2, 0.25) is 0 Å². The van der Waals surface area contributed by atoms with Crippen LogP contribution in [0.2, 0.25) is 0 Å². The van der Waals surface area contributed by atoms with Crippen LogP contribution in [0.4, 0.5) is 0 Å². The zero-order valence-corrected chi connectivity index (χ0v) is 11.4. The molecule has 1 aromatic heterocycles. The van der Waals surface area contributed by atoms with Gasteiger partial charge in [-0.2, -0.15) is 0 Å². The molecule has 0 aliphatic rings. The van der Waals surface area contributed by atoms with Crippen molar-refractivity contribution in [2.24, 2.45) is 0 Å². The van der Waals surface area contributed by atoms with Crippen molar-refractivity contribution in [1.82, 2.24) is 14.8 Å². The predicted molar refractivity (Wildman–Crippen MR) is 66.7 cm³/mol. The molecule has 17 heavy (non-hydrogen) atoms. The molecule has 0 aliphatic heterocycles. The molecule has 1 aromatic rings. The van der Waals surface area contributed by atoms with Crippen molar-refractivity contribution in [3.8, 4) is 0 Å². The quantitative estimate of drug-likeness (QED) is 0.732. The minimum Gasteiger partial charge on any atom is -0.481 e. The van der Waals surface area contributed by atoms with Gasteiger partial charge < -0.3 is 9.67 Å². The van der Waals surface area contributed by atoms with Crippen LogP contribution in [-0.2, 0) is 22.1 Å². The van der Waals surface area contributed by atoms with Crippen molar-refractivity contribution in [2.45, 2.75) is 25.0 Å². The van der Waals surface area contributed by atoms with E-state index in [-0.39, 0.29) is 5.75 Å². The van der Waals surface area contributed by atoms with E-state index in [1.807, 2.05) is 11.5 Å². The normalized spacial score (nSPS) is 12.6. The Morgan fingerprint density at radius 2 is 2.24 bits per heavy atom. The van der Waals surface area contributed by atoms with Crippen LogP contribution in [0.25, 0.3) is 0 Å². The molecule has 96 valence electrons. The molecule has 0 aliphatic carbocycles. The van der Waals surface area contributed by atoms with Gasteiger partial charge in [-0.05, 0) is 13.3 Å². The molecule has 0 spiro atoms. The average Bonchev–Trinajstić information content (AvgIpc) is 2.57. The Hall–Kier alpha value is -0.890. The maximum Gasteiger partial charge on any atom is 0.313 e. The summed E-state index contributed by atoms with van der Waals surface area (Å²) >= 11 is 1.15. The van der Waals surface area contributed by atoms with Crippen molar-refractivity contribution >= 4 is 28.5 Å². The monoisotopic (exact) mass is 277 g/mol. The number of aryl methyl sites for hydroxylation is 1. The zero-order chi connectivity index (χ0) is 12.8. The van der Waals surface area contributed by atoms with Crippen molar-refractivity contribution in [1.29, 1.82) is 0 Å². The van der Waals surface area contributed by atoms with E-state index in [0.717, 1.165) is 24.0 Å². The van der Waals surface area contributed by atoms with Crippen LogP contribution in [0.1, 0.15) is 12.2 Å². The lowest BCUT2D eigenvalue weighted by Crippen LogP contribution is -2.07. The number of carbonyl (C=O) groups is 1. The number of nitrogens with zero attached hydrogens (tertiary/aromatic N) is 3. The van der Waals surface area contributed by atoms with Crippen molar-refractivity contribution in [3.05, 3.63) is 5.82 Å². The van der Waals surface area contributed by atoms with Crippen molar-refractivity contribution < 1.29 is 14.1 Å². The minimum absolute atomic E-state index is 0.0299. The molecule has 0 amide bonds. The van der Waals surface area contributed by atoms with Gasteiger partial charge in [-0.25, -0.2) is 0 Å². The second-order valence-corrected chi connectivity index (χ2v) is 5.99. The first-order valence-corrected chi connectivity index (χ1v) is 7.76. The third-order valence-electron chi connectivity index (χ3n) is 2.04. The lowest BCUT2D eigenvalue weighted by Gasteiger charge is -2.06. The molecule has 0 aromatic carbocycles. The number of hydrogen-bond acceptors (Lipinski definition) is 5. The fourth-order valence-corrected chi connectivity index (χ4v) is 2.54. The highest BCUT2D eigenvalue weighted by atomic mass is 32.2. The smallest absolute Gasteiger partial charge is 0.313 e. The van der Waals surface area contributed by atoms with Crippen LogP contribution in [-0.4, -0.2) is 47.8 Å². The molecular weight excluding hydrogens is 262 g/mol. The van der Waals surface area contributed by atoms with Crippen LogP contribution in [0.15, 0.2) is 5.16 Å². The van der Waals surface area contributed by atoms with Gasteiger partial charge in [0, 0.05) is 29.4 Å². The number of carboxylic acids is 1. The molecule has 0 saturated carbocycles. The largest absolute Gasteiger partial charge is 0.481 e. The third kappa shape index (κ3) is 4.86. The second kappa shape index (κ2) is 6.75. The number of hydrogen-bond donors (Lipinski definition) is 1. The lowest BCUT2D eigenvalue weighted by molar-refractivity contribution is -0.133. The number of carboxylic acid groups (broad SMARTS) is 1. The Morgan fingerprint density at radius 1 is 1.53 bits per heavy atom. The highest BCUT2D eigenvalue weighted by Crippen LogP contribution is 2.16. The third-order valence-corrected chi connectivity index (χ3v) is 3.86. The average molecular weight is 277 g/mol. The van der Waals surface area contributed by atoms with Crippen LogP contribution >= 0.6 is 11.8 Å². The zero-order valence-electron chi connectivity index (χ0n) is 9.75. The second-order valence-electron chi connectivity index (χ2n) is 3.49. The Labute approximate surface area is 106 Å². The maximum absolute atomic E-state index is 10.9. The summed E-state index contributed by atoms with van der Waals surface area (Å²) in [5.41, 5.74) is 0. The molecule has 1 heterocycles. The molecule has 1 N–H and O–H groups in total. The van der Waals surface area contributed by atoms with Crippen molar-refractivity contribution in [3.63, 3.8) is 0 Å². The van der Waals surface area contributed by atoms with E-state index in [0.29, 0.717) is 17.5 Å². The van der Waals surface area contributed by atoms with E-state index in [4.69, 9.17) is 5.11 Å². The van der Waals surface area contributed by atoms with Gasteiger partial charge in [0.05, 0.1) is 5.75 Å². The molecule has 0 fully saturated rings. The standard InChI is InChI=1S/C9H15N3O3S2/c1-7-10-11-9(16-6-8(13)14)12(7)4-3-5-17(2)15/h3-6H2,1-2H3,(H,13,14). The van der Waals surface area contributed by atoms with Gasteiger partial charge in [0.1, 0.15) is 5.82 Å². The van der Waals surface area contributed by atoms with E-state index in [9.17, 15) is 9.00 Å². The molecule has 6 nitrogen and oxygen atoms in total. The van der Waals surface area contributed by atoms with Crippen LogP contribution in [0.5, 0.6) is 0 Å². The number of rotatable bonds is 7. The van der Waals surface area contributed by atoms with Gasteiger partial charge in [-0.3, -0.25) is 9.00 Å². The Kier molecular flexibility index (Phi) is 5.63. The van der Waals surface area contributed by atoms with Crippen molar-refractivity contribution in [2.75, 3.05) is 17.8 Å². The summed E-state index contributed by atoms with van der Waals surface area (Å²) in [5.74, 6) is 0.468. The summed E-state index contributed by atoms with van der Waals surface area (Å²) in [5, 5.41) is 17.0. The molecular formula is C9H15N3O3S2. The predicted octanol–water partition coefficient (Wildman–Crippen LogP) is 0.532. The van der Waals surface area contributed by atoms with E-state index in [1.54, 1.807) is 6.26 Å². The highest BCUT2D eigenvalue weighted by Gasteiger charge is 2.10. The van der Waals surface area contributed by atoms with Gasteiger partial charge in [0.15, 0.2) is 5.16 Å². The highest BCUT2D eigenvalue weighted by molar-refractivity contribution is 7.99. The first-order valence-electron chi connectivity index (χ1n) is 5.05. The first-order chi connectivity index (χ1) is 8.00. The van der Waals surface area contributed by atoms with Gasteiger partial charge in [0.25, 0.3) is 0 Å². The summed E-state index contributed by atoms with van der Waals surface area (Å²) in [6, 6.07) is 0. The SMILES string of the molecule is Cc1nnc(SCC(=O)O)n1CCCS(C)=O. The van der Waals surface area contributed by atoms with E-state index in [2.05, 4.69) is 10.2 Å². The lowest BCUT2D eigenvalue weighted by atomic mass is 10.4. The fourth-order valence-electron chi connectivity index (χ4n) is 1.28. The number of thioether (sulfide) groups is 1. The number of aliphatic carboxylic acids is 1. The summed E-state index contributed by atoms with van der Waals surface area (Å²) < 4.78 is 12.8. The Morgan fingerprint density at radius 3 is 2.82 bits per heavy atom. The molecule has 0 radical (unpaired) electrons. The molecule has 0 saturated heterocycles. The molecule has 1 atom stereocenters. The molecule has 1 unspecified atom stereocenters. The summed E-state index contributed by atoms with van der Waals surface area (Å²) in [6.45, 7) is 2.49.